The van der Waals surface area contributed by atoms with Crippen LogP contribution in [0.5, 0.6) is 0 Å². The van der Waals surface area contributed by atoms with E-state index in [0.717, 1.165) is 29.7 Å². The lowest BCUT2D eigenvalue weighted by Crippen LogP contribution is -2.34. The van der Waals surface area contributed by atoms with E-state index in [0.29, 0.717) is 33.4 Å². The highest BCUT2D eigenvalue weighted by atomic mass is 35.5. The van der Waals surface area contributed by atoms with E-state index in [1.165, 1.54) is 11.3 Å². The van der Waals surface area contributed by atoms with E-state index < -0.39 is 11.9 Å². The second kappa shape index (κ2) is 7.67. The monoisotopic (exact) mass is 426 g/mol. The van der Waals surface area contributed by atoms with E-state index in [9.17, 15) is 9.59 Å². The SMILES string of the molecule is CN1C2CC[C@H]1c1sc(NC(=O)Nc3ccc(Cl)cc3)c(C(N)=O)c1C2.Cl. The maximum atomic E-state index is 12.4. The molecule has 4 N–H and O–H groups in total. The van der Waals surface area contributed by atoms with Crippen molar-refractivity contribution in [2.75, 3.05) is 17.7 Å². The number of likely N-dealkylation sites (N-methyl/N-ethyl adjacent to an activating group) is 1. The maximum absolute atomic E-state index is 12.4. The van der Waals surface area contributed by atoms with Gasteiger partial charge in [0.05, 0.1) is 5.56 Å². The van der Waals surface area contributed by atoms with Crippen molar-refractivity contribution >= 4 is 58.0 Å². The third-order valence-corrected chi connectivity index (χ3v) is 6.70. The molecular formula is C18H20Cl2N4O2S. The van der Waals surface area contributed by atoms with Crippen LogP contribution >= 0.6 is 35.3 Å². The zero-order valence-corrected chi connectivity index (χ0v) is 17.0. The molecule has 2 aromatic rings. The topological polar surface area (TPSA) is 87.5 Å². The maximum Gasteiger partial charge on any atom is 0.324 e. The fourth-order valence-electron chi connectivity index (χ4n) is 3.91. The Morgan fingerprint density at radius 2 is 1.93 bits per heavy atom. The number of carbonyl (C=O) groups is 2. The minimum atomic E-state index is -0.492. The van der Waals surface area contributed by atoms with Crippen molar-refractivity contribution < 1.29 is 9.59 Å². The number of hydrogen-bond donors (Lipinski definition) is 3. The minimum absolute atomic E-state index is 0. The smallest absolute Gasteiger partial charge is 0.324 e. The number of nitrogens with one attached hydrogen (secondary N) is 2. The van der Waals surface area contributed by atoms with Gasteiger partial charge in [-0.1, -0.05) is 11.6 Å². The number of halogens is 2. The molecule has 2 bridgehead atoms. The second-order valence-corrected chi connectivity index (χ2v) is 8.20. The molecule has 2 aliphatic rings. The Kier molecular flexibility index (Phi) is 5.67. The normalized spacial score (nSPS) is 20.5. The molecule has 6 nitrogen and oxygen atoms in total. The van der Waals surface area contributed by atoms with Crippen molar-refractivity contribution in [1.29, 1.82) is 0 Å². The highest BCUT2D eigenvalue weighted by molar-refractivity contribution is 7.17. The van der Waals surface area contributed by atoms with Crippen LogP contribution in [0.4, 0.5) is 15.5 Å². The molecule has 9 heteroatoms. The van der Waals surface area contributed by atoms with E-state index in [4.69, 9.17) is 17.3 Å². The lowest BCUT2D eigenvalue weighted by atomic mass is 9.97. The van der Waals surface area contributed by atoms with Gasteiger partial charge in [0.25, 0.3) is 5.91 Å². The number of nitrogens with two attached hydrogens (primary N) is 1. The van der Waals surface area contributed by atoms with Crippen LogP contribution in [-0.2, 0) is 6.42 Å². The summed E-state index contributed by atoms with van der Waals surface area (Å²) in [6.07, 6.45) is 3.00. The lowest BCUT2D eigenvalue weighted by molar-refractivity contribution is 0.0999. The van der Waals surface area contributed by atoms with Gasteiger partial charge in [-0.15, -0.1) is 23.7 Å². The number of amides is 3. The zero-order valence-electron chi connectivity index (χ0n) is 14.6. The second-order valence-electron chi connectivity index (χ2n) is 6.72. The average molecular weight is 427 g/mol. The van der Waals surface area contributed by atoms with Crippen molar-refractivity contribution in [1.82, 2.24) is 4.90 Å². The predicted molar refractivity (Wildman–Crippen MR) is 111 cm³/mol. The van der Waals surface area contributed by atoms with E-state index in [2.05, 4.69) is 22.6 Å². The number of benzene rings is 1. The molecule has 2 atom stereocenters. The molecular weight excluding hydrogens is 407 g/mol. The molecule has 0 spiro atoms. The first-order valence-corrected chi connectivity index (χ1v) is 9.64. The summed E-state index contributed by atoms with van der Waals surface area (Å²) in [6.45, 7) is 0. The fourth-order valence-corrected chi connectivity index (χ4v) is 5.46. The standard InChI is InChI=1S/C18H19ClN4O2S.ClH/c1-23-11-6-7-13(23)15-12(8-11)14(16(20)24)17(26-15)22-18(25)21-10-4-2-9(19)3-5-10;/h2-5,11,13H,6-8H2,1H3,(H2,20,24)(H2,21,22,25);1H/t11?,13-;/m0./s1. The molecule has 1 saturated heterocycles. The van der Waals surface area contributed by atoms with Crippen LogP contribution < -0.4 is 16.4 Å². The summed E-state index contributed by atoms with van der Waals surface area (Å²) in [5.74, 6) is -0.492. The molecule has 4 rings (SSSR count). The number of nitrogens with zero attached hydrogens (tertiary/aromatic N) is 1. The quantitative estimate of drug-likeness (QED) is 0.684. The van der Waals surface area contributed by atoms with Gasteiger partial charge in [0, 0.05) is 27.7 Å². The highest BCUT2D eigenvalue weighted by Gasteiger charge is 2.41. The molecule has 1 aromatic carbocycles. The van der Waals surface area contributed by atoms with Crippen molar-refractivity contribution in [3.05, 3.63) is 45.3 Å². The molecule has 144 valence electrons. The summed E-state index contributed by atoms with van der Waals surface area (Å²) in [5, 5.41) is 6.66. The number of hydrogen-bond acceptors (Lipinski definition) is 4. The van der Waals surface area contributed by atoms with Gasteiger partial charge < -0.3 is 11.1 Å². The zero-order chi connectivity index (χ0) is 18.4. The lowest BCUT2D eigenvalue weighted by Gasteiger charge is -2.31. The van der Waals surface area contributed by atoms with Gasteiger partial charge in [0.15, 0.2) is 0 Å². The van der Waals surface area contributed by atoms with Crippen LogP contribution in [-0.4, -0.2) is 29.9 Å². The first-order chi connectivity index (χ1) is 12.4. The molecule has 2 aliphatic heterocycles. The van der Waals surface area contributed by atoms with Gasteiger partial charge >= 0.3 is 6.03 Å². The molecule has 0 saturated carbocycles. The summed E-state index contributed by atoms with van der Waals surface area (Å²) in [5.41, 5.74) is 7.73. The molecule has 0 radical (unpaired) electrons. The third-order valence-electron chi connectivity index (χ3n) is 5.20. The van der Waals surface area contributed by atoms with Crippen LogP contribution in [0.15, 0.2) is 24.3 Å². The van der Waals surface area contributed by atoms with Gasteiger partial charge in [-0.3, -0.25) is 15.0 Å². The average Bonchev–Trinajstić information content (AvgIpc) is 3.05. The van der Waals surface area contributed by atoms with Crippen LogP contribution in [0.1, 0.15) is 39.7 Å². The Morgan fingerprint density at radius 1 is 1.22 bits per heavy atom. The van der Waals surface area contributed by atoms with Gasteiger partial charge in [0.2, 0.25) is 0 Å². The van der Waals surface area contributed by atoms with Crippen molar-refractivity contribution in [2.24, 2.45) is 5.73 Å². The Hall–Kier alpha value is -1.80. The van der Waals surface area contributed by atoms with Gasteiger partial charge in [-0.2, -0.15) is 0 Å². The number of thiophene rings is 1. The predicted octanol–water partition coefficient (Wildman–Crippen LogP) is 4.26. The van der Waals surface area contributed by atoms with Crippen molar-refractivity contribution in [2.45, 2.75) is 31.3 Å². The Bertz CT molecular complexity index is 884. The largest absolute Gasteiger partial charge is 0.365 e. The molecule has 1 unspecified atom stereocenters. The Morgan fingerprint density at radius 3 is 2.59 bits per heavy atom. The van der Waals surface area contributed by atoms with E-state index >= 15 is 0 Å². The molecule has 1 fully saturated rings. The minimum Gasteiger partial charge on any atom is -0.365 e. The van der Waals surface area contributed by atoms with Crippen LogP contribution in [0.3, 0.4) is 0 Å². The summed E-state index contributed by atoms with van der Waals surface area (Å²) in [7, 11) is 2.12. The van der Waals surface area contributed by atoms with E-state index in [-0.39, 0.29) is 12.4 Å². The molecule has 0 aliphatic carbocycles. The Balaban J connectivity index is 0.00000210. The van der Waals surface area contributed by atoms with Gasteiger partial charge in [-0.05, 0) is 56.1 Å². The summed E-state index contributed by atoms with van der Waals surface area (Å²) < 4.78 is 0. The van der Waals surface area contributed by atoms with Crippen LogP contribution in [0.25, 0.3) is 0 Å². The third kappa shape index (κ3) is 3.65. The number of carbonyl (C=O) groups excluding carboxylic acids is 2. The Labute approximate surface area is 172 Å². The van der Waals surface area contributed by atoms with Crippen LogP contribution in [0.2, 0.25) is 5.02 Å². The van der Waals surface area contributed by atoms with E-state index in [1.54, 1.807) is 24.3 Å². The number of primary amides is 1. The molecule has 3 amide bonds. The number of rotatable bonds is 3. The first-order valence-electron chi connectivity index (χ1n) is 8.45. The van der Waals surface area contributed by atoms with E-state index in [1.807, 2.05) is 0 Å². The number of anilines is 2. The number of urea groups is 1. The molecule has 1 aromatic heterocycles. The molecule has 3 heterocycles. The highest BCUT2D eigenvalue weighted by Crippen LogP contribution is 2.49. The van der Waals surface area contributed by atoms with Crippen molar-refractivity contribution in [3.8, 4) is 0 Å². The summed E-state index contributed by atoms with van der Waals surface area (Å²) in [6, 6.07) is 7.16. The fraction of sp³-hybridized carbons (Fsp3) is 0.333. The summed E-state index contributed by atoms with van der Waals surface area (Å²) >= 11 is 7.31. The number of fused-ring (bicyclic) bond motifs is 4. The first kappa shape index (κ1) is 19.9. The summed E-state index contributed by atoms with van der Waals surface area (Å²) in [4.78, 5) is 28.0. The van der Waals surface area contributed by atoms with Crippen molar-refractivity contribution in [3.63, 3.8) is 0 Å². The van der Waals surface area contributed by atoms with Gasteiger partial charge in [-0.25, -0.2) is 4.79 Å². The van der Waals surface area contributed by atoms with Gasteiger partial charge in [0.1, 0.15) is 5.00 Å². The van der Waals surface area contributed by atoms with Crippen LogP contribution in [0, 0.1) is 0 Å². The molecule has 27 heavy (non-hydrogen) atoms.